The molecule has 1 aliphatic heterocycles. The maximum Gasteiger partial charge on any atom is 0.230 e. The molecule has 0 aliphatic carbocycles. The summed E-state index contributed by atoms with van der Waals surface area (Å²) in [6, 6.07) is 10.3. The maximum atomic E-state index is 12.6. The number of hydrogen-bond acceptors (Lipinski definition) is 3. The number of carbonyl (C=O) groups is 1. The van der Waals surface area contributed by atoms with Crippen LogP contribution in [0.4, 0.5) is 0 Å². The van der Waals surface area contributed by atoms with E-state index in [1.165, 1.54) is 0 Å². The zero-order chi connectivity index (χ0) is 13.9. The second-order valence-electron chi connectivity index (χ2n) is 5.15. The van der Waals surface area contributed by atoms with E-state index < -0.39 is 0 Å². The van der Waals surface area contributed by atoms with Gasteiger partial charge in [-0.3, -0.25) is 4.79 Å². The molecule has 0 N–H and O–H groups in total. The van der Waals surface area contributed by atoms with E-state index in [-0.39, 0.29) is 17.9 Å². The highest BCUT2D eigenvalue weighted by Crippen LogP contribution is 2.27. The van der Waals surface area contributed by atoms with Crippen LogP contribution in [0.25, 0.3) is 0 Å². The highest BCUT2D eigenvalue weighted by molar-refractivity contribution is 5.84. The number of rotatable bonds is 4. The van der Waals surface area contributed by atoms with E-state index >= 15 is 0 Å². The fourth-order valence-corrected chi connectivity index (χ4v) is 2.67. The van der Waals surface area contributed by atoms with Crippen molar-refractivity contribution in [2.45, 2.75) is 25.3 Å². The van der Waals surface area contributed by atoms with Crippen molar-refractivity contribution in [2.75, 3.05) is 13.1 Å². The summed E-state index contributed by atoms with van der Waals surface area (Å²) in [5, 5.41) is 7.79. The van der Waals surface area contributed by atoms with Gasteiger partial charge in [0.1, 0.15) is 0 Å². The molecule has 1 amide bonds. The lowest BCUT2D eigenvalue weighted by Crippen LogP contribution is -2.52. The Labute approximate surface area is 118 Å². The summed E-state index contributed by atoms with van der Waals surface area (Å²) in [5.74, 6) is 0.183. The minimum absolute atomic E-state index is 0.0344. The van der Waals surface area contributed by atoms with Crippen molar-refractivity contribution in [3.05, 3.63) is 48.3 Å². The average Bonchev–Trinajstić information content (AvgIpc) is 2.93. The van der Waals surface area contributed by atoms with E-state index in [0.717, 1.165) is 25.1 Å². The van der Waals surface area contributed by atoms with Crippen LogP contribution in [-0.2, 0) is 4.79 Å². The van der Waals surface area contributed by atoms with Crippen LogP contribution in [0.2, 0.25) is 0 Å². The second kappa shape index (κ2) is 5.45. The fraction of sp³-hybridized carbons (Fsp3) is 0.400. The Bertz CT molecular complexity index is 561. The Balaban J connectivity index is 1.65. The lowest BCUT2D eigenvalue weighted by atomic mass is 9.93. The number of aromatic nitrogens is 3. The molecule has 104 valence electrons. The summed E-state index contributed by atoms with van der Waals surface area (Å²) in [7, 11) is 0. The molecule has 2 aromatic rings. The van der Waals surface area contributed by atoms with Crippen molar-refractivity contribution < 1.29 is 4.79 Å². The smallest absolute Gasteiger partial charge is 0.230 e. The summed E-state index contributed by atoms with van der Waals surface area (Å²) >= 11 is 0. The summed E-state index contributed by atoms with van der Waals surface area (Å²) in [6.45, 7) is 3.52. The first-order valence-corrected chi connectivity index (χ1v) is 6.99. The highest BCUT2D eigenvalue weighted by atomic mass is 16.2. The quantitative estimate of drug-likeness (QED) is 0.852. The maximum absolute atomic E-state index is 12.6. The van der Waals surface area contributed by atoms with Gasteiger partial charge in [0.25, 0.3) is 0 Å². The van der Waals surface area contributed by atoms with E-state index in [0.29, 0.717) is 0 Å². The molecule has 1 atom stereocenters. The molecule has 20 heavy (non-hydrogen) atoms. The van der Waals surface area contributed by atoms with Crippen LogP contribution in [0.3, 0.4) is 0 Å². The normalized spacial score (nSPS) is 16.8. The van der Waals surface area contributed by atoms with E-state index in [2.05, 4.69) is 17.2 Å². The monoisotopic (exact) mass is 270 g/mol. The van der Waals surface area contributed by atoms with Crippen molar-refractivity contribution >= 4 is 5.91 Å². The highest BCUT2D eigenvalue weighted by Gasteiger charge is 2.35. The van der Waals surface area contributed by atoms with Crippen molar-refractivity contribution in [2.24, 2.45) is 0 Å². The van der Waals surface area contributed by atoms with Crippen molar-refractivity contribution in [3.8, 4) is 0 Å². The third kappa shape index (κ3) is 2.31. The van der Waals surface area contributed by atoms with Crippen LogP contribution in [0, 0.1) is 0 Å². The largest absolute Gasteiger partial charge is 0.338 e. The fourth-order valence-electron chi connectivity index (χ4n) is 2.67. The predicted molar refractivity (Wildman–Crippen MR) is 75.1 cm³/mol. The molecule has 1 aromatic heterocycles. The van der Waals surface area contributed by atoms with Gasteiger partial charge in [-0.1, -0.05) is 42.5 Å². The Morgan fingerprint density at radius 3 is 2.70 bits per heavy atom. The number of carbonyl (C=O) groups excluding carboxylic acids is 1. The SMILES string of the molecule is CC[C@H](C(=O)N1CC(n2ccnn2)C1)c1ccccc1. The molecule has 5 heteroatoms. The van der Waals surface area contributed by atoms with Gasteiger partial charge >= 0.3 is 0 Å². The molecule has 0 bridgehead atoms. The van der Waals surface area contributed by atoms with Gasteiger partial charge in [-0.25, -0.2) is 4.68 Å². The van der Waals surface area contributed by atoms with Crippen molar-refractivity contribution in [1.82, 2.24) is 19.9 Å². The zero-order valence-corrected chi connectivity index (χ0v) is 11.5. The lowest BCUT2D eigenvalue weighted by molar-refractivity contribution is -0.139. The Kier molecular flexibility index (Phi) is 3.50. The number of benzene rings is 1. The van der Waals surface area contributed by atoms with E-state index in [4.69, 9.17) is 0 Å². The van der Waals surface area contributed by atoms with Gasteiger partial charge in [0.05, 0.1) is 18.2 Å². The first kappa shape index (κ1) is 12.8. The third-order valence-electron chi connectivity index (χ3n) is 3.90. The van der Waals surface area contributed by atoms with Gasteiger partial charge < -0.3 is 4.90 Å². The average molecular weight is 270 g/mol. The minimum atomic E-state index is -0.0344. The zero-order valence-electron chi connectivity index (χ0n) is 11.5. The molecule has 0 unspecified atom stereocenters. The molecule has 3 rings (SSSR count). The van der Waals surface area contributed by atoms with E-state index in [9.17, 15) is 4.79 Å². The summed E-state index contributed by atoms with van der Waals surface area (Å²) in [4.78, 5) is 14.5. The van der Waals surface area contributed by atoms with Gasteiger partial charge in [-0.2, -0.15) is 0 Å². The Morgan fingerprint density at radius 2 is 2.10 bits per heavy atom. The van der Waals surface area contributed by atoms with Crippen LogP contribution in [0.5, 0.6) is 0 Å². The van der Waals surface area contributed by atoms with Gasteiger partial charge in [0.15, 0.2) is 0 Å². The first-order chi connectivity index (χ1) is 9.79. The van der Waals surface area contributed by atoms with Crippen LogP contribution in [-0.4, -0.2) is 38.9 Å². The van der Waals surface area contributed by atoms with Crippen LogP contribution >= 0.6 is 0 Å². The first-order valence-electron chi connectivity index (χ1n) is 6.99. The number of nitrogens with zero attached hydrogens (tertiary/aromatic N) is 4. The minimum Gasteiger partial charge on any atom is -0.338 e. The lowest BCUT2D eigenvalue weighted by Gasteiger charge is -2.40. The molecule has 1 aliphatic rings. The predicted octanol–water partition coefficient (Wildman–Crippen LogP) is 1.86. The summed E-state index contributed by atoms with van der Waals surface area (Å²) in [6.07, 6.45) is 4.34. The van der Waals surface area contributed by atoms with Crippen LogP contribution < -0.4 is 0 Å². The van der Waals surface area contributed by atoms with Crippen LogP contribution in [0.1, 0.15) is 30.9 Å². The van der Waals surface area contributed by atoms with E-state index in [1.54, 1.807) is 6.20 Å². The number of hydrogen-bond donors (Lipinski definition) is 0. The molecule has 0 spiro atoms. The molecule has 1 aromatic carbocycles. The molecule has 5 nitrogen and oxygen atoms in total. The van der Waals surface area contributed by atoms with Gasteiger partial charge in [0.2, 0.25) is 5.91 Å². The van der Waals surface area contributed by atoms with Crippen LogP contribution in [0.15, 0.2) is 42.7 Å². The Hall–Kier alpha value is -2.17. The molecule has 0 radical (unpaired) electrons. The molecule has 1 fully saturated rings. The molecule has 1 saturated heterocycles. The van der Waals surface area contributed by atoms with Gasteiger partial charge in [0, 0.05) is 19.3 Å². The van der Waals surface area contributed by atoms with Gasteiger partial charge in [-0.15, -0.1) is 5.10 Å². The number of likely N-dealkylation sites (tertiary alicyclic amines) is 1. The number of amides is 1. The summed E-state index contributed by atoms with van der Waals surface area (Å²) in [5.41, 5.74) is 1.10. The molecule has 0 saturated carbocycles. The van der Waals surface area contributed by atoms with Crippen molar-refractivity contribution in [1.29, 1.82) is 0 Å². The second-order valence-corrected chi connectivity index (χ2v) is 5.15. The molecular weight excluding hydrogens is 252 g/mol. The Morgan fingerprint density at radius 1 is 1.35 bits per heavy atom. The van der Waals surface area contributed by atoms with E-state index in [1.807, 2.05) is 46.1 Å². The summed E-state index contributed by atoms with van der Waals surface area (Å²) < 4.78 is 1.83. The standard InChI is InChI=1S/C15H18N4O/c1-2-14(12-6-4-3-5-7-12)15(20)18-10-13(11-18)19-9-8-16-17-19/h3-9,13-14H,2,10-11H2,1H3/t14-/m0/s1. The molecular formula is C15H18N4O. The third-order valence-corrected chi connectivity index (χ3v) is 3.90. The van der Waals surface area contributed by atoms with Crippen molar-refractivity contribution in [3.63, 3.8) is 0 Å². The van der Waals surface area contributed by atoms with Gasteiger partial charge in [-0.05, 0) is 12.0 Å². The topological polar surface area (TPSA) is 51.0 Å². The molecule has 2 heterocycles.